The third-order valence-corrected chi connectivity index (χ3v) is 5.24. The first-order chi connectivity index (χ1) is 8.42. The molecule has 0 aliphatic carbocycles. The lowest BCUT2D eigenvalue weighted by Gasteiger charge is -2.44. The molecule has 1 heterocycles. The van der Waals surface area contributed by atoms with E-state index in [-0.39, 0.29) is 0 Å². The molecule has 1 fully saturated rings. The minimum atomic E-state index is 0.511. The van der Waals surface area contributed by atoms with Crippen LogP contribution in [0, 0.1) is 17.3 Å². The van der Waals surface area contributed by atoms with Crippen LogP contribution in [0.15, 0.2) is 12.7 Å². The maximum absolute atomic E-state index is 3.95. The summed E-state index contributed by atoms with van der Waals surface area (Å²) in [5.74, 6) is 1.55. The molecule has 2 unspecified atom stereocenters. The molecular weight excluding hydrogens is 218 g/mol. The summed E-state index contributed by atoms with van der Waals surface area (Å²) >= 11 is 0. The van der Waals surface area contributed by atoms with Gasteiger partial charge in [0.1, 0.15) is 0 Å². The molecule has 1 rings (SSSR count). The first-order valence-corrected chi connectivity index (χ1v) is 7.79. The van der Waals surface area contributed by atoms with Gasteiger partial charge in [-0.2, -0.15) is 0 Å². The highest BCUT2D eigenvalue weighted by Gasteiger charge is 2.35. The minimum Gasteiger partial charge on any atom is -0.301 e. The molecule has 1 aliphatic heterocycles. The average molecular weight is 251 g/mol. The fraction of sp³-hybridized carbons (Fsp3) is 0.882. The van der Waals surface area contributed by atoms with E-state index in [1.807, 2.05) is 0 Å². The molecule has 1 heteroatoms. The van der Waals surface area contributed by atoms with Crippen LogP contribution in [0.2, 0.25) is 0 Å². The van der Waals surface area contributed by atoms with Crippen LogP contribution in [0.4, 0.5) is 0 Å². The highest BCUT2D eigenvalue weighted by atomic mass is 15.1. The van der Waals surface area contributed by atoms with Gasteiger partial charge < -0.3 is 4.90 Å². The second-order valence-corrected chi connectivity index (χ2v) is 6.83. The fourth-order valence-corrected chi connectivity index (χ4v) is 3.53. The molecule has 0 aromatic carbocycles. The molecule has 1 saturated heterocycles. The van der Waals surface area contributed by atoms with E-state index >= 15 is 0 Å². The third-order valence-electron chi connectivity index (χ3n) is 5.24. The number of likely N-dealkylation sites (tertiary alicyclic amines) is 1. The van der Waals surface area contributed by atoms with E-state index in [1.165, 1.54) is 38.8 Å². The van der Waals surface area contributed by atoms with Crippen LogP contribution < -0.4 is 0 Å². The molecule has 106 valence electrons. The largest absolute Gasteiger partial charge is 0.301 e. The highest BCUT2D eigenvalue weighted by molar-refractivity contribution is 4.90. The van der Waals surface area contributed by atoms with Gasteiger partial charge in [0.25, 0.3) is 0 Å². The lowest BCUT2D eigenvalue weighted by Crippen LogP contribution is -2.43. The smallest absolute Gasteiger partial charge is 0.00385 e. The molecule has 1 aliphatic rings. The topological polar surface area (TPSA) is 3.24 Å². The Morgan fingerprint density at radius 1 is 1.28 bits per heavy atom. The third kappa shape index (κ3) is 3.85. The van der Waals surface area contributed by atoms with E-state index in [4.69, 9.17) is 0 Å². The number of rotatable bonds is 6. The molecule has 0 saturated carbocycles. The lowest BCUT2D eigenvalue weighted by molar-refractivity contribution is 0.0576. The van der Waals surface area contributed by atoms with Crippen molar-refractivity contribution in [3.63, 3.8) is 0 Å². The van der Waals surface area contributed by atoms with Crippen LogP contribution in [0.5, 0.6) is 0 Å². The molecule has 0 spiro atoms. The Kier molecular flexibility index (Phi) is 5.91. The van der Waals surface area contributed by atoms with Crippen LogP contribution in [0.25, 0.3) is 0 Å². The quantitative estimate of drug-likeness (QED) is 0.617. The number of hydrogen-bond acceptors (Lipinski definition) is 1. The first-order valence-electron chi connectivity index (χ1n) is 7.79. The molecule has 1 nitrogen and oxygen atoms in total. The van der Waals surface area contributed by atoms with E-state index in [0.29, 0.717) is 17.4 Å². The van der Waals surface area contributed by atoms with Crippen LogP contribution >= 0.6 is 0 Å². The van der Waals surface area contributed by atoms with E-state index < -0.39 is 0 Å². The summed E-state index contributed by atoms with van der Waals surface area (Å²) in [7, 11) is 0. The lowest BCUT2D eigenvalue weighted by atomic mass is 9.66. The Labute approximate surface area is 115 Å². The average Bonchev–Trinajstić information content (AvgIpc) is 2.38. The second kappa shape index (κ2) is 6.75. The molecule has 2 atom stereocenters. The van der Waals surface area contributed by atoms with Gasteiger partial charge in [-0.15, -0.1) is 6.58 Å². The Bertz CT molecular complexity index is 250. The van der Waals surface area contributed by atoms with Gasteiger partial charge in [0.05, 0.1) is 0 Å². The summed E-state index contributed by atoms with van der Waals surface area (Å²) in [6, 6.07) is 0.714. The van der Waals surface area contributed by atoms with Crippen molar-refractivity contribution in [2.45, 2.75) is 66.3 Å². The van der Waals surface area contributed by atoms with Crippen molar-refractivity contribution in [1.82, 2.24) is 4.90 Å². The van der Waals surface area contributed by atoms with Gasteiger partial charge in [-0.1, -0.05) is 33.3 Å². The molecule has 0 bridgehead atoms. The van der Waals surface area contributed by atoms with Gasteiger partial charge in [0.2, 0.25) is 0 Å². The number of allylic oxidation sites excluding steroid dienone is 1. The van der Waals surface area contributed by atoms with Gasteiger partial charge in [-0.25, -0.2) is 0 Å². The van der Waals surface area contributed by atoms with Crippen molar-refractivity contribution in [2.75, 3.05) is 13.1 Å². The Morgan fingerprint density at radius 2 is 1.83 bits per heavy atom. The summed E-state index contributed by atoms with van der Waals surface area (Å²) in [6.07, 6.45) is 7.49. The highest BCUT2D eigenvalue weighted by Crippen LogP contribution is 2.43. The first kappa shape index (κ1) is 15.8. The summed E-state index contributed by atoms with van der Waals surface area (Å²) in [5.41, 5.74) is 0.511. The zero-order chi connectivity index (χ0) is 13.8. The van der Waals surface area contributed by atoms with Crippen LogP contribution in [-0.4, -0.2) is 24.0 Å². The number of hydrogen-bond donors (Lipinski definition) is 0. The number of piperidine rings is 1. The maximum Gasteiger partial charge on any atom is 0.00385 e. The van der Waals surface area contributed by atoms with E-state index in [0.717, 1.165) is 5.92 Å². The molecule has 0 aromatic heterocycles. The van der Waals surface area contributed by atoms with Crippen molar-refractivity contribution in [2.24, 2.45) is 17.3 Å². The Balaban J connectivity index is 2.59. The summed E-state index contributed by atoms with van der Waals surface area (Å²) in [6.45, 7) is 18.4. The van der Waals surface area contributed by atoms with E-state index in [1.54, 1.807) is 0 Å². The van der Waals surface area contributed by atoms with Gasteiger partial charge in [-0.05, 0) is 63.5 Å². The fourth-order valence-electron chi connectivity index (χ4n) is 3.53. The maximum atomic E-state index is 3.95. The molecule has 0 aromatic rings. The van der Waals surface area contributed by atoms with Crippen LogP contribution in [0.1, 0.15) is 60.3 Å². The monoisotopic (exact) mass is 251 g/mol. The molecule has 0 radical (unpaired) electrons. The minimum absolute atomic E-state index is 0.511. The normalized spacial score (nSPS) is 23.9. The van der Waals surface area contributed by atoms with Crippen molar-refractivity contribution in [3.05, 3.63) is 12.7 Å². The predicted molar refractivity (Wildman–Crippen MR) is 81.8 cm³/mol. The van der Waals surface area contributed by atoms with Gasteiger partial charge in [-0.3, -0.25) is 0 Å². The zero-order valence-corrected chi connectivity index (χ0v) is 13.2. The van der Waals surface area contributed by atoms with Crippen LogP contribution in [0.3, 0.4) is 0 Å². The molecular formula is C17H33N. The Morgan fingerprint density at radius 3 is 2.22 bits per heavy atom. The van der Waals surface area contributed by atoms with Gasteiger partial charge >= 0.3 is 0 Å². The van der Waals surface area contributed by atoms with Gasteiger partial charge in [0.15, 0.2) is 0 Å². The van der Waals surface area contributed by atoms with E-state index in [9.17, 15) is 0 Å². The molecule has 18 heavy (non-hydrogen) atoms. The van der Waals surface area contributed by atoms with Crippen molar-refractivity contribution < 1.29 is 0 Å². The predicted octanol–water partition coefficient (Wildman–Crippen LogP) is 4.74. The second-order valence-electron chi connectivity index (χ2n) is 6.83. The number of nitrogens with zero attached hydrogens (tertiary/aromatic N) is 1. The summed E-state index contributed by atoms with van der Waals surface area (Å²) in [5, 5.41) is 0. The SMILES string of the molecule is C=CC(C)CC(C)(CC)C1CCN(C(C)C)CC1. The van der Waals surface area contributed by atoms with Crippen molar-refractivity contribution in [3.8, 4) is 0 Å². The summed E-state index contributed by atoms with van der Waals surface area (Å²) in [4.78, 5) is 2.63. The Hall–Kier alpha value is -0.300. The van der Waals surface area contributed by atoms with Gasteiger partial charge in [0, 0.05) is 6.04 Å². The van der Waals surface area contributed by atoms with Crippen molar-refractivity contribution >= 4 is 0 Å². The van der Waals surface area contributed by atoms with Crippen LogP contribution in [-0.2, 0) is 0 Å². The standard InChI is InChI=1S/C17H33N/c1-7-15(5)13-17(6,8-2)16-9-11-18(12-10-16)14(3)4/h7,14-16H,1,8-13H2,2-6H3. The van der Waals surface area contributed by atoms with E-state index in [2.05, 4.69) is 52.2 Å². The summed E-state index contributed by atoms with van der Waals surface area (Å²) < 4.78 is 0. The molecule has 0 N–H and O–H groups in total. The van der Waals surface area contributed by atoms with Crippen molar-refractivity contribution in [1.29, 1.82) is 0 Å². The molecule has 0 amide bonds. The zero-order valence-electron chi connectivity index (χ0n) is 13.2.